The molecule has 0 aliphatic heterocycles. The highest BCUT2D eigenvalue weighted by atomic mass is 32.2. The van der Waals surface area contributed by atoms with Gasteiger partial charge in [0.1, 0.15) is 0 Å². The minimum Gasteiger partial charge on any atom is -0.338 e. The molecule has 0 unspecified atom stereocenters. The van der Waals surface area contributed by atoms with E-state index < -0.39 is 0 Å². The van der Waals surface area contributed by atoms with E-state index in [4.69, 9.17) is 10.3 Å². The lowest BCUT2D eigenvalue weighted by Crippen LogP contribution is -2.11. The first kappa shape index (κ1) is 13.5. The summed E-state index contributed by atoms with van der Waals surface area (Å²) < 4.78 is 5.16. The van der Waals surface area contributed by atoms with Gasteiger partial charge in [-0.2, -0.15) is 16.7 Å². The van der Waals surface area contributed by atoms with Crippen LogP contribution in [0.5, 0.6) is 0 Å². The summed E-state index contributed by atoms with van der Waals surface area (Å²) in [6.07, 6.45) is 4.90. The van der Waals surface area contributed by atoms with Crippen LogP contribution in [-0.4, -0.2) is 22.1 Å². The monoisotopic (exact) mass is 243 g/mol. The highest BCUT2D eigenvalue weighted by molar-refractivity contribution is 7.98. The molecule has 1 aromatic heterocycles. The third-order valence-corrected chi connectivity index (χ3v) is 3.02. The Morgan fingerprint density at radius 2 is 2.12 bits per heavy atom. The van der Waals surface area contributed by atoms with E-state index in [9.17, 15) is 0 Å². The second kappa shape index (κ2) is 6.91. The zero-order chi connectivity index (χ0) is 12.0. The van der Waals surface area contributed by atoms with Crippen LogP contribution in [0.1, 0.15) is 44.4 Å². The van der Waals surface area contributed by atoms with Crippen LogP contribution in [0, 0.1) is 5.92 Å². The third kappa shape index (κ3) is 4.53. The van der Waals surface area contributed by atoms with E-state index >= 15 is 0 Å². The van der Waals surface area contributed by atoms with Gasteiger partial charge in [-0.25, -0.2) is 0 Å². The number of aromatic nitrogens is 2. The summed E-state index contributed by atoms with van der Waals surface area (Å²) in [5, 5.41) is 3.94. The molecule has 0 amide bonds. The summed E-state index contributed by atoms with van der Waals surface area (Å²) >= 11 is 1.78. The van der Waals surface area contributed by atoms with Crippen LogP contribution in [0.2, 0.25) is 0 Å². The van der Waals surface area contributed by atoms with Gasteiger partial charge in [0.05, 0.1) is 6.04 Å². The zero-order valence-corrected chi connectivity index (χ0v) is 11.1. The van der Waals surface area contributed by atoms with Crippen LogP contribution in [0.4, 0.5) is 0 Å². The van der Waals surface area contributed by atoms with Gasteiger partial charge in [-0.15, -0.1) is 0 Å². The molecule has 0 spiro atoms. The molecule has 0 radical (unpaired) electrons. The van der Waals surface area contributed by atoms with Crippen LogP contribution < -0.4 is 5.73 Å². The summed E-state index contributed by atoms with van der Waals surface area (Å²) in [5.41, 5.74) is 5.94. The SMILES string of the molecule is CSCC[C@@H](N)c1nc(CCC(C)C)no1. The van der Waals surface area contributed by atoms with Gasteiger partial charge in [0.2, 0.25) is 5.89 Å². The molecule has 16 heavy (non-hydrogen) atoms. The lowest BCUT2D eigenvalue weighted by molar-refractivity contribution is 0.348. The van der Waals surface area contributed by atoms with Crippen molar-refractivity contribution in [2.24, 2.45) is 11.7 Å². The lowest BCUT2D eigenvalue weighted by Gasteiger charge is -2.03. The lowest BCUT2D eigenvalue weighted by atomic mass is 10.1. The van der Waals surface area contributed by atoms with Gasteiger partial charge >= 0.3 is 0 Å². The number of aryl methyl sites for hydroxylation is 1. The molecule has 1 heterocycles. The Balaban J connectivity index is 2.43. The van der Waals surface area contributed by atoms with E-state index in [1.165, 1.54) is 0 Å². The van der Waals surface area contributed by atoms with Crippen molar-refractivity contribution in [3.8, 4) is 0 Å². The zero-order valence-electron chi connectivity index (χ0n) is 10.3. The predicted molar refractivity (Wildman–Crippen MR) is 67.4 cm³/mol. The number of rotatable bonds is 7. The van der Waals surface area contributed by atoms with E-state index in [-0.39, 0.29) is 6.04 Å². The fourth-order valence-electron chi connectivity index (χ4n) is 1.31. The number of nitrogens with zero attached hydrogens (tertiary/aromatic N) is 2. The Morgan fingerprint density at radius 3 is 2.75 bits per heavy atom. The molecule has 0 saturated carbocycles. The van der Waals surface area contributed by atoms with Gasteiger partial charge in [0.25, 0.3) is 0 Å². The van der Waals surface area contributed by atoms with Gasteiger partial charge in [-0.3, -0.25) is 0 Å². The average Bonchev–Trinajstić information content (AvgIpc) is 2.71. The normalized spacial score (nSPS) is 13.3. The molecular weight excluding hydrogens is 222 g/mol. The molecule has 5 heteroatoms. The molecule has 0 aliphatic rings. The fourth-order valence-corrected chi connectivity index (χ4v) is 1.80. The first-order valence-corrected chi connectivity index (χ1v) is 7.10. The molecule has 1 atom stereocenters. The largest absolute Gasteiger partial charge is 0.338 e. The van der Waals surface area contributed by atoms with E-state index in [1.807, 2.05) is 0 Å². The molecular formula is C11H21N3OS. The van der Waals surface area contributed by atoms with Gasteiger partial charge in [-0.05, 0) is 30.8 Å². The molecule has 92 valence electrons. The second-order valence-electron chi connectivity index (χ2n) is 4.37. The summed E-state index contributed by atoms with van der Waals surface area (Å²) in [4.78, 5) is 4.32. The van der Waals surface area contributed by atoms with Gasteiger partial charge < -0.3 is 10.3 Å². The van der Waals surface area contributed by atoms with Crippen molar-refractivity contribution in [3.05, 3.63) is 11.7 Å². The van der Waals surface area contributed by atoms with E-state index in [1.54, 1.807) is 11.8 Å². The molecule has 1 aromatic rings. The maximum absolute atomic E-state index is 5.94. The Labute approximate surface area is 101 Å². The molecule has 0 fully saturated rings. The Morgan fingerprint density at radius 1 is 1.38 bits per heavy atom. The minimum absolute atomic E-state index is 0.118. The summed E-state index contributed by atoms with van der Waals surface area (Å²) in [5.74, 6) is 3.04. The van der Waals surface area contributed by atoms with E-state index in [0.717, 1.165) is 30.8 Å². The maximum atomic E-state index is 5.94. The van der Waals surface area contributed by atoms with Crippen LogP contribution in [-0.2, 0) is 6.42 Å². The fraction of sp³-hybridized carbons (Fsp3) is 0.818. The highest BCUT2D eigenvalue weighted by Gasteiger charge is 2.14. The number of nitrogens with two attached hydrogens (primary N) is 1. The Hall–Kier alpha value is -0.550. The molecule has 0 saturated heterocycles. The van der Waals surface area contributed by atoms with Gasteiger partial charge in [-0.1, -0.05) is 19.0 Å². The van der Waals surface area contributed by atoms with Crippen molar-refractivity contribution < 1.29 is 4.52 Å². The third-order valence-electron chi connectivity index (χ3n) is 2.38. The average molecular weight is 243 g/mol. The topological polar surface area (TPSA) is 64.9 Å². The van der Waals surface area contributed by atoms with E-state index in [2.05, 4.69) is 30.2 Å². The molecule has 2 N–H and O–H groups in total. The second-order valence-corrected chi connectivity index (χ2v) is 5.35. The summed E-state index contributed by atoms with van der Waals surface area (Å²) in [6.45, 7) is 4.37. The molecule has 0 bridgehead atoms. The molecule has 0 aromatic carbocycles. The first-order valence-electron chi connectivity index (χ1n) is 5.70. The Bertz CT molecular complexity index is 301. The van der Waals surface area contributed by atoms with Crippen LogP contribution in [0.15, 0.2) is 4.52 Å². The van der Waals surface area contributed by atoms with Crippen molar-refractivity contribution in [1.29, 1.82) is 0 Å². The van der Waals surface area contributed by atoms with Crippen molar-refractivity contribution in [2.45, 2.75) is 39.2 Å². The Kier molecular flexibility index (Phi) is 5.84. The van der Waals surface area contributed by atoms with Gasteiger partial charge in [0, 0.05) is 6.42 Å². The van der Waals surface area contributed by atoms with Crippen LogP contribution in [0.25, 0.3) is 0 Å². The van der Waals surface area contributed by atoms with Crippen LogP contribution >= 0.6 is 11.8 Å². The predicted octanol–water partition coefficient (Wildman–Crippen LogP) is 2.41. The van der Waals surface area contributed by atoms with Crippen LogP contribution in [0.3, 0.4) is 0 Å². The summed E-state index contributed by atoms with van der Waals surface area (Å²) in [6, 6.07) is -0.118. The minimum atomic E-state index is -0.118. The first-order chi connectivity index (χ1) is 7.63. The number of thioether (sulfide) groups is 1. The highest BCUT2D eigenvalue weighted by Crippen LogP contribution is 2.15. The number of hydrogen-bond acceptors (Lipinski definition) is 5. The quantitative estimate of drug-likeness (QED) is 0.796. The molecule has 0 aliphatic carbocycles. The standard InChI is InChI=1S/C11H21N3OS/c1-8(2)4-5-10-13-11(15-14-10)9(12)6-7-16-3/h8-9H,4-7,12H2,1-3H3/t9-/m1/s1. The smallest absolute Gasteiger partial charge is 0.243 e. The number of hydrogen-bond donors (Lipinski definition) is 1. The van der Waals surface area contributed by atoms with Crippen molar-refractivity contribution in [1.82, 2.24) is 10.1 Å². The van der Waals surface area contributed by atoms with Crippen molar-refractivity contribution in [2.75, 3.05) is 12.0 Å². The summed E-state index contributed by atoms with van der Waals surface area (Å²) in [7, 11) is 0. The maximum Gasteiger partial charge on any atom is 0.243 e. The van der Waals surface area contributed by atoms with Crippen molar-refractivity contribution in [3.63, 3.8) is 0 Å². The van der Waals surface area contributed by atoms with Crippen molar-refractivity contribution >= 4 is 11.8 Å². The molecule has 4 nitrogen and oxygen atoms in total. The van der Waals surface area contributed by atoms with Gasteiger partial charge in [0.15, 0.2) is 5.82 Å². The van der Waals surface area contributed by atoms with E-state index in [0.29, 0.717) is 11.8 Å². The molecule has 1 rings (SSSR count).